The van der Waals surface area contributed by atoms with Crippen LogP contribution in [0, 0.1) is 9.39 Å². The predicted octanol–water partition coefficient (Wildman–Crippen LogP) is 7.40. The Morgan fingerprint density at radius 2 is 1.71 bits per heavy atom. The molecular formula is C28H19FINO3S. The second-order valence-corrected chi connectivity index (χ2v) is 10.2. The molecule has 0 bridgehead atoms. The normalized spacial score (nSPS) is 14.8. The van der Waals surface area contributed by atoms with Gasteiger partial charge in [0.15, 0.2) is 0 Å². The highest BCUT2D eigenvalue weighted by molar-refractivity contribution is 14.1. The van der Waals surface area contributed by atoms with E-state index in [1.165, 1.54) is 17.0 Å². The van der Waals surface area contributed by atoms with E-state index in [9.17, 15) is 14.0 Å². The van der Waals surface area contributed by atoms with Crippen molar-refractivity contribution < 1.29 is 18.7 Å². The number of fused-ring (bicyclic) bond motifs is 1. The molecule has 174 valence electrons. The third-order valence-corrected chi connectivity index (χ3v) is 7.39. The highest BCUT2D eigenvalue weighted by atomic mass is 127. The van der Waals surface area contributed by atoms with Crippen molar-refractivity contribution in [2.75, 3.05) is 0 Å². The number of ether oxygens (including phenoxy) is 1. The van der Waals surface area contributed by atoms with Crippen molar-refractivity contribution in [3.63, 3.8) is 0 Å². The van der Waals surface area contributed by atoms with E-state index in [0.717, 1.165) is 42.8 Å². The average Bonchev–Trinajstić information content (AvgIpc) is 3.12. The molecule has 1 fully saturated rings. The zero-order chi connectivity index (χ0) is 24.4. The van der Waals surface area contributed by atoms with Crippen molar-refractivity contribution in [2.24, 2.45) is 0 Å². The molecule has 0 spiro atoms. The summed E-state index contributed by atoms with van der Waals surface area (Å²) < 4.78 is 19.8. The summed E-state index contributed by atoms with van der Waals surface area (Å²) in [4.78, 5) is 27.4. The molecule has 0 aliphatic carbocycles. The van der Waals surface area contributed by atoms with Crippen LogP contribution in [0.4, 0.5) is 9.18 Å². The van der Waals surface area contributed by atoms with Crippen LogP contribution in [0.3, 0.4) is 0 Å². The Labute approximate surface area is 219 Å². The molecule has 0 radical (unpaired) electrons. The van der Waals surface area contributed by atoms with Gasteiger partial charge < -0.3 is 4.74 Å². The summed E-state index contributed by atoms with van der Waals surface area (Å²) in [6, 6.07) is 25.6. The van der Waals surface area contributed by atoms with Crippen molar-refractivity contribution in [3.8, 4) is 5.75 Å². The Kier molecular flexibility index (Phi) is 6.88. The van der Waals surface area contributed by atoms with Gasteiger partial charge >= 0.3 is 0 Å². The molecule has 4 aromatic carbocycles. The van der Waals surface area contributed by atoms with Crippen LogP contribution in [0.25, 0.3) is 16.8 Å². The highest BCUT2D eigenvalue weighted by Gasteiger charge is 2.35. The van der Waals surface area contributed by atoms with Crippen LogP contribution in [-0.2, 0) is 17.9 Å². The van der Waals surface area contributed by atoms with Gasteiger partial charge in [-0.1, -0.05) is 60.7 Å². The highest BCUT2D eigenvalue weighted by Crippen LogP contribution is 2.35. The number of carbonyl (C=O) groups is 2. The number of benzene rings is 4. The molecule has 0 aromatic heterocycles. The summed E-state index contributed by atoms with van der Waals surface area (Å²) in [5, 5.41) is 1.83. The van der Waals surface area contributed by atoms with Gasteiger partial charge in [0.1, 0.15) is 18.2 Å². The van der Waals surface area contributed by atoms with Gasteiger partial charge in [0.2, 0.25) is 0 Å². The van der Waals surface area contributed by atoms with Crippen LogP contribution in [0.5, 0.6) is 5.75 Å². The Balaban J connectivity index is 1.30. The second kappa shape index (κ2) is 10.2. The number of rotatable bonds is 6. The largest absolute Gasteiger partial charge is 0.488 e. The summed E-state index contributed by atoms with van der Waals surface area (Å²) in [5.74, 6) is 0.116. The SMILES string of the molecule is O=C1S/C(=C/c2ccc(OCc3ccc(F)cc3)c(I)c2)C(=O)N1Cc1cccc2ccccc12. The van der Waals surface area contributed by atoms with Crippen LogP contribution in [0.2, 0.25) is 0 Å². The van der Waals surface area contributed by atoms with Gasteiger partial charge in [0.25, 0.3) is 11.1 Å². The molecule has 4 nitrogen and oxygen atoms in total. The quantitative estimate of drug-likeness (QED) is 0.172. The lowest BCUT2D eigenvalue weighted by atomic mass is 10.0. The molecule has 4 aromatic rings. The van der Waals surface area contributed by atoms with Gasteiger partial charge in [0, 0.05) is 0 Å². The molecule has 2 amide bonds. The third-order valence-electron chi connectivity index (χ3n) is 5.64. The Bertz CT molecular complexity index is 1460. The van der Waals surface area contributed by atoms with Gasteiger partial charge in [-0.15, -0.1) is 0 Å². The molecule has 1 saturated heterocycles. The van der Waals surface area contributed by atoms with Crippen LogP contribution in [0.15, 0.2) is 89.8 Å². The summed E-state index contributed by atoms with van der Waals surface area (Å²) >= 11 is 3.13. The molecule has 0 N–H and O–H groups in total. The third kappa shape index (κ3) is 5.26. The molecule has 0 atom stereocenters. The van der Waals surface area contributed by atoms with E-state index >= 15 is 0 Å². The Hall–Kier alpha value is -3.17. The molecule has 1 heterocycles. The van der Waals surface area contributed by atoms with Gasteiger partial charge in [-0.3, -0.25) is 14.5 Å². The number of nitrogens with zero attached hydrogens (tertiary/aromatic N) is 1. The van der Waals surface area contributed by atoms with Gasteiger partial charge in [-0.05, 0) is 92.2 Å². The summed E-state index contributed by atoms with van der Waals surface area (Å²) in [7, 11) is 0. The van der Waals surface area contributed by atoms with E-state index in [-0.39, 0.29) is 23.5 Å². The summed E-state index contributed by atoms with van der Waals surface area (Å²) in [6.45, 7) is 0.555. The molecule has 0 saturated carbocycles. The van der Waals surface area contributed by atoms with Gasteiger partial charge in [-0.2, -0.15) is 0 Å². The minimum absolute atomic E-state index is 0.233. The van der Waals surface area contributed by atoms with Crippen molar-refractivity contribution >= 4 is 62.3 Å². The zero-order valence-electron chi connectivity index (χ0n) is 18.4. The first kappa shape index (κ1) is 23.6. The van der Waals surface area contributed by atoms with E-state index in [1.54, 1.807) is 18.2 Å². The van der Waals surface area contributed by atoms with Crippen LogP contribution in [0.1, 0.15) is 16.7 Å². The lowest BCUT2D eigenvalue weighted by Crippen LogP contribution is -2.27. The first-order valence-corrected chi connectivity index (χ1v) is 12.8. The van der Waals surface area contributed by atoms with Crippen molar-refractivity contribution in [2.45, 2.75) is 13.2 Å². The number of imide groups is 1. The maximum absolute atomic E-state index is 13.1. The van der Waals surface area contributed by atoms with E-state index < -0.39 is 0 Å². The Morgan fingerprint density at radius 1 is 0.943 bits per heavy atom. The van der Waals surface area contributed by atoms with Crippen LogP contribution in [-0.4, -0.2) is 16.0 Å². The van der Waals surface area contributed by atoms with Gasteiger partial charge in [0.05, 0.1) is 15.0 Å². The van der Waals surface area contributed by atoms with Crippen molar-refractivity contribution in [1.82, 2.24) is 4.90 Å². The average molecular weight is 595 g/mol. The monoisotopic (exact) mass is 595 g/mol. The van der Waals surface area contributed by atoms with Crippen LogP contribution < -0.4 is 4.74 Å². The first-order chi connectivity index (χ1) is 17.0. The van der Waals surface area contributed by atoms with E-state index in [1.807, 2.05) is 60.7 Å². The molecule has 0 unspecified atom stereocenters. The minimum Gasteiger partial charge on any atom is -0.488 e. The maximum Gasteiger partial charge on any atom is 0.293 e. The van der Waals surface area contributed by atoms with Gasteiger partial charge in [-0.25, -0.2) is 4.39 Å². The fourth-order valence-electron chi connectivity index (χ4n) is 3.85. The molecule has 5 rings (SSSR count). The molecular weight excluding hydrogens is 576 g/mol. The fraction of sp³-hybridized carbons (Fsp3) is 0.0714. The predicted molar refractivity (Wildman–Crippen MR) is 145 cm³/mol. The molecule has 35 heavy (non-hydrogen) atoms. The second-order valence-electron chi connectivity index (χ2n) is 8.01. The molecule has 7 heteroatoms. The number of amides is 2. The van der Waals surface area contributed by atoms with Crippen LogP contribution >= 0.6 is 34.4 Å². The number of carbonyl (C=O) groups excluding carboxylic acids is 2. The summed E-state index contributed by atoms with van der Waals surface area (Å²) in [5.41, 5.74) is 2.61. The standard InChI is InChI=1S/C28H19FINO3S/c29-22-11-8-18(9-12-22)17-34-25-13-10-19(14-24(25)30)15-26-27(32)31(28(33)35-26)16-21-6-3-5-20-4-1-2-7-23(20)21/h1-15H,16-17H2/b26-15+. The van der Waals surface area contributed by atoms with Crippen molar-refractivity contribution in [3.05, 3.63) is 116 Å². The lowest BCUT2D eigenvalue weighted by Gasteiger charge is -2.14. The zero-order valence-corrected chi connectivity index (χ0v) is 21.4. The van der Waals surface area contributed by atoms with E-state index in [2.05, 4.69) is 22.6 Å². The fourth-order valence-corrected chi connectivity index (χ4v) is 5.39. The topological polar surface area (TPSA) is 46.6 Å². The minimum atomic E-state index is -0.292. The molecule has 1 aliphatic heterocycles. The summed E-state index contributed by atoms with van der Waals surface area (Å²) in [6.07, 6.45) is 1.74. The van der Waals surface area contributed by atoms with E-state index in [4.69, 9.17) is 4.74 Å². The Morgan fingerprint density at radius 3 is 2.51 bits per heavy atom. The van der Waals surface area contributed by atoms with E-state index in [0.29, 0.717) is 17.3 Å². The number of halogens is 2. The number of hydrogen-bond acceptors (Lipinski definition) is 4. The molecule has 1 aliphatic rings. The van der Waals surface area contributed by atoms with Crippen molar-refractivity contribution in [1.29, 1.82) is 0 Å². The number of hydrogen-bond donors (Lipinski definition) is 0. The lowest BCUT2D eigenvalue weighted by molar-refractivity contribution is -0.123. The number of thioether (sulfide) groups is 1. The smallest absolute Gasteiger partial charge is 0.293 e. The first-order valence-electron chi connectivity index (χ1n) is 10.9. The maximum atomic E-state index is 13.1.